The summed E-state index contributed by atoms with van der Waals surface area (Å²) >= 11 is 0. The van der Waals surface area contributed by atoms with Crippen LogP contribution in [-0.4, -0.2) is 29.0 Å². The second-order valence-electron chi connectivity index (χ2n) is 5.39. The van der Waals surface area contributed by atoms with E-state index in [1.807, 2.05) is 37.3 Å². The van der Waals surface area contributed by atoms with E-state index in [0.29, 0.717) is 24.3 Å². The van der Waals surface area contributed by atoms with Crippen LogP contribution >= 0.6 is 0 Å². The first-order chi connectivity index (χ1) is 11.5. The first-order valence-corrected chi connectivity index (χ1v) is 7.76. The predicted octanol–water partition coefficient (Wildman–Crippen LogP) is 2.88. The molecule has 0 aliphatic heterocycles. The molecule has 1 N–H and O–H groups in total. The second kappa shape index (κ2) is 8.06. The van der Waals surface area contributed by atoms with Crippen molar-refractivity contribution in [1.29, 1.82) is 0 Å². The van der Waals surface area contributed by atoms with Gasteiger partial charge in [0.25, 0.3) is 0 Å². The number of likely N-dealkylation sites (N-methyl/N-ethyl adjacent to an activating group) is 1. The number of hydrogen-bond acceptors (Lipinski definition) is 3. The molecule has 0 aromatic heterocycles. The summed E-state index contributed by atoms with van der Waals surface area (Å²) in [5.74, 6) is -1.33. The van der Waals surface area contributed by atoms with Gasteiger partial charge >= 0.3 is 11.8 Å². The molecule has 0 aliphatic rings. The Labute approximate surface area is 141 Å². The van der Waals surface area contributed by atoms with Crippen molar-refractivity contribution < 1.29 is 14.4 Å². The van der Waals surface area contributed by atoms with Crippen molar-refractivity contribution in [2.75, 3.05) is 11.9 Å². The normalized spacial score (nSPS) is 10.1. The van der Waals surface area contributed by atoms with Crippen molar-refractivity contribution in [3.63, 3.8) is 0 Å². The van der Waals surface area contributed by atoms with E-state index in [9.17, 15) is 14.4 Å². The highest BCUT2D eigenvalue weighted by molar-refractivity contribution is 6.39. The Hall–Kier alpha value is -2.95. The number of rotatable bonds is 5. The van der Waals surface area contributed by atoms with Crippen LogP contribution in [0.25, 0.3) is 0 Å². The van der Waals surface area contributed by atoms with E-state index in [4.69, 9.17) is 0 Å². The van der Waals surface area contributed by atoms with Gasteiger partial charge in [0.15, 0.2) is 5.78 Å². The van der Waals surface area contributed by atoms with Gasteiger partial charge in [0.05, 0.1) is 0 Å². The monoisotopic (exact) mass is 324 g/mol. The maximum atomic E-state index is 12.3. The van der Waals surface area contributed by atoms with E-state index >= 15 is 0 Å². The molecule has 0 bridgehead atoms. The molecule has 2 aromatic carbocycles. The van der Waals surface area contributed by atoms with Gasteiger partial charge in [0, 0.05) is 24.3 Å². The van der Waals surface area contributed by atoms with E-state index in [-0.39, 0.29) is 5.78 Å². The SMILES string of the molecule is CCN(Cc1ccccc1)C(=O)C(=O)Nc1ccc(C(C)=O)cc1. The molecular weight excluding hydrogens is 304 g/mol. The van der Waals surface area contributed by atoms with E-state index in [1.54, 1.807) is 24.3 Å². The third-order valence-electron chi connectivity index (χ3n) is 3.63. The Balaban J connectivity index is 2.01. The Morgan fingerprint density at radius 2 is 1.58 bits per heavy atom. The van der Waals surface area contributed by atoms with Crippen LogP contribution in [0.4, 0.5) is 5.69 Å². The number of carbonyl (C=O) groups is 3. The van der Waals surface area contributed by atoms with Crippen molar-refractivity contribution in [2.45, 2.75) is 20.4 Å². The molecule has 0 fully saturated rings. The highest BCUT2D eigenvalue weighted by atomic mass is 16.2. The minimum Gasteiger partial charge on any atom is -0.330 e. The molecule has 0 spiro atoms. The third kappa shape index (κ3) is 4.52. The smallest absolute Gasteiger partial charge is 0.313 e. The van der Waals surface area contributed by atoms with Crippen LogP contribution in [0.5, 0.6) is 0 Å². The zero-order chi connectivity index (χ0) is 17.5. The fourth-order valence-electron chi connectivity index (χ4n) is 2.25. The second-order valence-corrected chi connectivity index (χ2v) is 5.39. The number of benzene rings is 2. The van der Waals surface area contributed by atoms with Crippen molar-refractivity contribution in [3.8, 4) is 0 Å². The molecule has 124 valence electrons. The summed E-state index contributed by atoms with van der Waals surface area (Å²) in [5, 5.41) is 2.57. The van der Waals surface area contributed by atoms with Crippen LogP contribution in [0.2, 0.25) is 0 Å². The Morgan fingerprint density at radius 3 is 2.12 bits per heavy atom. The van der Waals surface area contributed by atoms with Gasteiger partial charge in [-0.05, 0) is 43.7 Å². The molecule has 2 rings (SSSR count). The molecule has 0 radical (unpaired) electrons. The number of hydrogen-bond donors (Lipinski definition) is 1. The summed E-state index contributed by atoms with van der Waals surface area (Å²) in [6.45, 7) is 4.12. The van der Waals surface area contributed by atoms with Crippen LogP contribution in [0.3, 0.4) is 0 Å². The van der Waals surface area contributed by atoms with Gasteiger partial charge in [-0.25, -0.2) is 0 Å². The van der Waals surface area contributed by atoms with Crippen LogP contribution in [0, 0.1) is 0 Å². The van der Waals surface area contributed by atoms with Crippen LogP contribution in [0.1, 0.15) is 29.8 Å². The van der Waals surface area contributed by atoms with E-state index < -0.39 is 11.8 Å². The summed E-state index contributed by atoms with van der Waals surface area (Å²) in [6.07, 6.45) is 0. The summed E-state index contributed by atoms with van der Waals surface area (Å²) in [7, 11) is 0. The minimum absolute atomic E-state index is 0.0519. The maximum absolute atomic E-state index is 12.3. The van der Waals surface area contributed by atoms with Crippen molar-refractivity contribution in [2.24, 2.45) is 0 Å². The summed E-state index contributed by atoms with van der Waals surface area (Å²) in [6, 6.07) is 16.0. The molecule has 0 saturated heterocycles. The van der Waals surface area contributed by atoms with Crippen LogP contribution < -0.4 is 5.32 Å². The molecule has 24 heavy (non-hydrogen) atoms. The quantitative estimate of drug-likeness (QED) is 0.679. The zero-order valence-electron chi connectivity index (χ0n) is 13.8. The topological polar surface area (TPSA) is 66.5 Å². The average molecular weight is 324 g/mol. The summed E-state index contributed by atoms with van der Waals surface area (Å²) in [5.41, 5.74) is 2.00. The average Bonchev–Trinajstić information content (AvgIpc) is 2.60. The van der Waals surface area contributed by atoms with Crippen molar-refractivity contribution >= 4 is 23.3 Å². The predicted molar refractivity (Wildman–Crippen MR) is 92.6 cm³/mol. The molecule has 5 heteroatoms. The first kappa shape index (κ1) is 17.4. The van der Waals surface area contributed by atoms with Gasteiger partial charge in [-0.2, -0.15) is 0 Å². The van der Waals surface area contributed by atoms with E-state index in [1.165, 1.54) is 11.8 Å². The highest BCUT2D eigenvalue weighted by Crippen LogP contribution is 2.11. The molecule has 0 heterocycles. The van der Waals surface area contributed by atoms with Gasteiger partial charge in [-0.1, -0.05) is 30.3 Å². The molecule has 5 nitrogen and oxygen atoms in total. The lowest BCUT2D eigenvalue weighted by Gasteiger charge is -2.20. The number of amides is 2. The molecule has 0 saturated carbocycles. The van der Waals surface area contributed by atoms with Gasteiger partial charge in [-0.3, -0.25) is 14.4 Å². The number of nitrogens with zero attached hydrogens (tertiary/aromatic N) is 1. The number of anilines is 1. The van der Waals surface area contributed by atoms with Gasteiger partial charge in [0.1, 0.15) is 0 Å². The van der Waals surface area contributed by atoms with E-state index in [2.05, 4.69) is 5.32 Å². The number of nitrogens with one attached hydrogen (secondary N) is 1. The number of carbonyl (C=O) groups excluding carboxylic acids is 3. The molecule has 0 unspecified atom stereocenters. The molecular formula is C19H20N2O3. The lowest BCUT2D eigenvalue weighted by molar-refractivity contribution is -0.143. The van der Waals surface area contributed by atoms with Gasteiger partial charge in [-0.15, -0.1) is 0 Å². The van der Waals surface area contributed by atoms with Crippen molar-refractivity contribution in [3.05, 3.63) is 65.7 Å². The fraction of sp³-hybridized carbons (Fsp3) is 0.211. The maximum Gasteiger partial charge on any atom is 0.313 e. The number of ketones is 1. The number of Topliss-reactive ketones (excluding diaryl/α,β-unsaturated/α-hetero) is 1. The largest absolute Gasteiger partial charge is 0.330 e. The first-order valence-electron chi connectivity index (χ1n) is 7.76. The lowest BCUT2D eigenvalue weighted by Crippen LogP contribution is -2.39. The summed E-state index contributed by atoms with van der Waals surface area (Å²) < 4.78 is 0. The molecule has 0 aliphatic carbocycles. The molecule has 2 amide bonds. The lowest BCUT2D eigenvalue weighted by atomic mass is 10.1. The van der Waals surface area contributed by atoms with Gasteiger partial charge < -0.3 is 10.2 Å². The zero-order valence-corrected chi connectivity index (χ0v) is 13.8. The third-order valence-corrected chi connectivity index (χ3v) is 3.63. The van der Waals surface area contributed by atoms with E-state index in [0.717, 1.165) is 5.56 Å². The molecule has 0 atom stereocenters. The van der Waals surface area contributed by atoms with Crippen LogP contribution in [-0.2, 0) is 16.1 Å². The minimum atomic E-state index is -0.691. The Kier molecular flexibility index (Phi) is 5.84. The standard InChI is InChI=1S/C19H20N2O3/c1-3-21(13-15-7-5-4-6-8-15)19(24)18(23)20-17-11-9-16(10-12-17)14(2)22/h4-12H,3,13H2,1-2H3,(H,20,23). The Bertz CT molecular complexity index is 724. The van der Waals surface area contributed by atoms with Crippen molar-refractivity contribution in [1.82, 2.24) is 4.90 Å². The summed E-state index contributed by atoms with van der Waals surface area (Å²) in [4.78, 5) is 37.2. The molecule has 2 aromatic rings. The van der Waals surface area contributed by atoms with Gasteiger partial charge in [0.2, 0.25) is 0 Å². The fourth-order valence-corrected chi connectivity index (χ4v) is 2.25. The Morgan fingerprint density at radius 1 is 0.958 bits per heavy atom. The highest BCUT2D eigenvalue weighted by Gasteiger charge is 2.20. The van der Waals surface area contributed by atoms with Crippen LogP contribution in [0.15, 0.2) is 54.6 Å².